The molecule has 0 unspecified atom stereocenters. The number of hydrogen-bond acceptors (Lipinski definition) is 3. The molecule has 7 heteroatoms. The Kier molecular flexibility index (Phi) is 7.54. The van der Waals surface area contributed by atoms with Crippen molar-refractivity contribution in [3.63, 3.8) is 0 Å². The monoisotopic (exact) mass is 504 g/mol. The fourth-order valence-corrected chi connectivity index (χ4v) is 5.66. The van der Waals surface area contributed by atoms with Crippen LogP contribution >= 0.6 is 11.6 Å². The molecule has 0 aliphatic carbocycles. The molecule has 0 aromatic heterocycles. The molecule has 0 saturated carbocycles. The maximum atomic E-state index is 13.6. The van der Waals surface area contributed by atoms with Crippen molar-refractivity contribution in [2.45, 2.75) is 17.9 Å². The van der Waals surface area contributed by atoms with Crippen LogP contribution in [-0.4, -0.2) is 20.9 Å². The number of nitrogens with one attached hydrogen (secondary N) is 1. The van der Waals surface area contributed by atoms with E-state index in [1.165, 1.54) is 12.1 Å². The van der Waals surface area contributed by atoms with Gasteiger partial charge in [-0.2, -0.15) is 0 Å². The van der Waals surface area contributed by atoms with Crippen LogP contribution in [0.5, 0.6) is 0 Å². The van der Waals surface area contributed by atoms with Gasteiger partial charge < -0.3 is 5.32 Å². The van der Waals surface area contributed by atoms with Crippen LogP contribution < -0.4 is 9.62 Å². The minimum Gasteiger partial charge on any atom is -0.344 e. The lowest BCUT2D eigenvalue weighted by Gasteiger charge is -2.27. The van der Waals surface area contributed by atoms with Crippen molar-refractivity contribution < 1.29 is 13.2 Å². The predicted octanol–water partition coefficient (Wildman–Crippen LogP) is 5.75. The van der Waals surface area contributed by atoms with E-state index in [1.807, 2.05) is 61.5 Å². The van der Waals surface area contributed by atoms with Crippen LogP contribution in [0.1, 0.15) is 22.7 Å². The van der Waals surface area contributed by atoms with E-state index < -0.39 is 28.5 Å². The third kappa shape index (κ3) is 5.56. The van der Waals surface area contributed by atoms with Gasteiger partial charge in [0.25, 0.3) is 10.0 Å². The first-order valence-corrected chi connectivity index (χ1v) is 12.9. The fraction of sp³-hybridized carbons (Fsp3) is 0.107. The normalized spacial score (nSPS) is 12.1. The summed E-state index contributed by atoms with van der Waals surface area (Å²) >= 11 is 6.38. The number of para-hydroxylation sites is 1. The van der Waals surface area contributed by atoms with Crippen molar-refractivity contribution in [1.82, 2.24) is 5.32 Å². The third-order valence-corrected chi connectivity index (χ3v) is 7.77. The fourth-order valence-electron chi connectivity index (χ4n) is 3.91. The highest BCUT2D eigenvalue weighted by Crippen LogP contribution is 2.31. The Bertz CT molecular complexity index is 1410. The molecule has 0 spiro atoms. The molecule has 1 atom stereocenters. The van der Waals surface area contributed by atoms with E-state index in [9.17, 15) is 13.2 Å². The highest BCUT2D eigenvalue weighted by molar-refractivity contribution is 7.92. The highest BCUT2D eigenvalue weighted by atomic mass is 35.5. The van der Waals surface area contributed by atoms with Crippen molar-refractivity contribution >= 4 is 33.2 Å². The van der Waals surface area contributed by atoms with E-state index in [-0.39, 0.29) is 15.6 Å². The summed E-state index contributed by atoms with van der Waals surface area (Å²) in [6.07, 6.45) is 0. The number of sulfonamides is 1. The molecule has 1 amide bonds. The van der Waals surface area contributed by atoms with Gasteiger partial charge in [0.05, 0.1) is 21.6 Å². The number of halogens is 1. The number of anilines is 1. The molecule has 0 fully saturated rings. The molecule has 1 N–H and O–H groups in total. The van der Waals surface area contributed by atoms with Crippen LogP contribution in [0.4, 0.5) is 5.69 Å². The third-order valence-electron chi connectivity index (χ3n) is 5.68. The molecule has 0 heterocycles. The second-order valence-corrected chi connectivity index (χ2v) is 10.3. The zero-order valence-corrected chi connectivity index (χ0v) is 20.7. The minimum absolute atomic E-state index is 0.0752. The number of nitrogens with zero attached hydrogens (tertiary/aromatic N) is 1. The van der Waals surface area contributed by atoms with Crippen LogP contribution in [0.3, 0.4) is 0 Å². The molecule has 4 aromatic carbocycles. The van der Waals surface area contributed by atoms with Gasteiger partial charge in [-0.25, -0.2) is 8.42 Å². The molecule has 178 valence electrons. The second-order valence-electron chi connectivity index (χ2n) is 8.04. The van der Waals surface area contributed by atoms with Gasteiger partial charge in [-0.3, -0.25) is 9.10 Å². The first kappa shape index (κ1) is 24.5. The number of aryl methyl sites for hydroxylation is 1. The Morgan fingerprint density at radius 2 is 1.40 bits per heavy atom. The van der Waals surface area contributed by atoms with E-state index in [0.717, 1.165) is 21.0 Å². The largest absolute Gasteiger partial charge is 0.344 e. The van der Waals surface area contributed by atoms with Crippen molar-refractivity contribution in [3.05, 3.63) is 131 Å². The van der Waals surface area contributed by atoms with E-state index in [2.05, 4.69) is 5.32 Å². The van der Waals surface area contributed by atoms with Crippen LogP contribution in [-0.2, 0) is 14.8 Å². The molecule has 0 radical (unpaired) electrons. The SMILES string of the molecule is Cc1ccccc1[C@@H](NC(=O)CN(c1ccccc1Cl)S(=O)(=O)c1ccccc1)c1ccccc1. The highest BCUT2D eigenvalue weighted by Gasteiger charge is 2.29. The summed E-state index contributed by atoms with van der Waals surface area (Å²) in [5.74, 6) is -0.457. The molecule has 0 aliphatic heterocycles. The summed E-state index contributed by atoms with van der Waals surface area (Å²) in [5, 5.41) is 3.28. The second kappa shape index (κ2) is 10.8. The molecule has 0 saturated heterocycles. The lowest BCUT2D eigenvalue weighted by Crippen LogP contribution is -2.42. The van der Waals surface area contributed by atoms with Crippen LogP contribution in [0.25, 0.3) is 0 Å². The maximum Gasteiger partial charge on any atom is 0.264 e. The molecular weight excluding hydrogens is 480 g/mol. The molecular formula is C28H25ClN2O3S. The van der Waals surface area contributed by atoms with Crippen molar-refractivity contribution in [1.29, 1.82) is 0 Å². The quantitative estimate of drug-likeness (QED) is 0.332. The van der Waals surface area contributed by atoms with Crippen molar-refractivity contribution in [2.24, 2.45) is 0 Å². The van der Waals surface area contributed by atoms with Crippen LogP contribution in [0.15, 0.2) is 114 Å². The molecule has 4 aromatic rings. The van der Waals surface area contributed by atoms with Gasteiger partial charge in [0, 0.05) is 0 Å². The summed E-state index contributed by atoms with van der Waals surface area (Å²) in [7, 11) is -4.06. The number of rotatable bonds is 8. The molecule has 0 aliphatic rings. The Balaban J connectivity index is 1.71. The number of hydrogen-bond donors (Lipinski definition) is 1. The Morgan fingerprint density at radius 1 is 0.829 bits per heavy atom. The lowest BCUT2D eigenvalue weighted by molar-refractivity contribution is -0.120. The lowest BCUT2D eigenvalue weighted by atomic mass is 9.95. The van der Waals surface area contributed by atoms with E-state index in [1.54, 1.807) is 42.5 Å². The standard InChI is InChI=1S/C28H25ClN2O3S/c1-21-12-8-9-17-24(21)28(22-13-4-2-5-14-22)30-27(32)20-31(26-19-11-10-18-25(26)29)35(33,34)23-15-6-3-7-16-23/h2-19,28H,20H2,1H3,(H,30,32)/t28-/m0/s1. The van der Waals surface area contributed by atoms with E-state index in [4.69, 9.17) is 11.6 Å². The Morgan fingerprint density at radius 3 is 2.06 bits per heavy atom. The zero-order chi connectivity index (χ0) is 24.8. The number of carbonyl (C=O) groups excluding carboxylic acids is 1. The van der Waals surface area contributed by atoms with Gasteiger partial charge >= 0.3 is 0 Å². The first-order valence-electron chi connectivity index (χ1n) is 11.1. The van der Waals surface area contributed by atoms with Crippen LogP contribution in [0.2, 0.25) is 5.02 Å². The van der Waals surface area contributed by atoms with Gasteiger partial charge in [0.1, 0.15) is 6.54 Å². The molecule has 5 nitrogen and oxygen atoms in total. The minimum atomic E-state index is -4.06. The first-order chi connectivity index (χ1) is 16.9. The number of benzene rings is 4. The van der Waals surface area contributed by atoms with Gasteiger partial charge in [-0.15, -0.1) is 0 Å². The maximum absolute atomic E-state index is 13.6. The smallest absolute Gasteiger partial charge is 0.264 e. The average molecular weight is 505 g/mol. The van der Waals surface area contributed by atoms with Gasteiger partial charge in [0.2, 0.25) is 5.91 Å². The van der Waals surface area contributed by atoms with Gasteiger partial charge in [-0.1, -0.05) is 96.5 Å². The van der Waals surface area contributed by atoms with Crippen LogP contribution in [0, 0.1) is 6.92 Å². The summed E-state index contributed by atoms with van der Waals surface area (Å²) in [5.41, 5.74) is 3.08. The summed E-state index contributed by atoms with van der Waals surface area (Å²) in [6.45, 7) is 1.55. The van der Waals surface area contributed by atoms with Gasteiger partial charge in [0.15, 0.2) is 0 Å². The number of carbonyl (C=O) groups is 1. The predicted molar refractivity (Wildman–Crippen MR) is 140 cm³/mol. The van der Waals surface area contributed by atoms with E-state index >= 15 is 0 Å². The summed E-state index contributed by atoms with van der Waals surface area (Å²) < 4.78 is 28.2. The summed E-state index contributed by atoms with van der Waals surface area (Å²) in [6, 6.07) is 31.5. The molecule has 35 heavy (non-hydrogen) atoms. The van der Waals surface area contributed by atoms with Crippen molar-refractivity contribution in [2.75, 3.05) is 10.8 Å². The Labute approximate surface area is 211 Å². The Hall–Kier alpha value is -3.61. The number of amides is 1. The summed E-state index contributed by atoms with van der Waals surface area (Å²) in [4.78, 5) is 13.5. The molecule has 0 bridgehead atoms. The molecule has 4 rings (SSSR count). The average Bonchev–Trinajstić information content (AvgIpc) is 2.88. The topological polar surface area (TPSA) is 66.5 Å². The van der Waals surface area contributed by atoms with E-state index in [0.29, 0.717) is 0 Å². The zero-order valence-electron chi connectivity index (χ0n) is 19.1. The van der Waals surface area contributed by atoms with Gasteiger partial charge in [-0.05, 0) is 47.9 Å². The van der Waals surface area contributed by atoms with Crippen molar-refractivity contribution in [3.8, 4) is 0 Å².